The molecular formula is C9H9NO4. The topological polar surface area (TPSA) is 61.6 Å². The maximum atomic E-state index is 10.7. The van der Waals surface area contributed by atoms with Crippen molar-refractivity contribution in [3.63, 3.8) is 0 Å². The Kier molecular flexibility index (Phi) is 2.09. The molecule has 1 aliphatic heterocycles. The Labute approximate surface area is 80.3 Å². The van der Waals surface area contributed by atoms with Crippen LogP contribution in [0.1, 0.15) is 18.1 Å². The van der Waals surface area contributed by atoms with Crippen LogP contribution in [0.3, 0.4) is 0 Å². The zero-order chi connectivity index (χ0) is 10.1. The number of benzene rings is 1. The maximum Gasteiger partial charge on any atom is 0.273 e. The highest BCUT2D eigenvalue weighted by Gasteiger charge is 2.21. The van der Waals surface area contributed by atoms with Crippen molar-refractivity contribution in [1.82, 2.24) is 0 Å². The highest BCUT2D eigenvalue weighted by Crippen LogP contribution is 2.33. The van der Waals surface area contributed by atoms with Crippen molar-refractivity contribution >= 4 is 5.69 Å². The van der Waals surface area contributed by atoms with E-state index in [1.165, 1.54) is 6.07 Å². The Morgan fingerprint density at radius 2 is 2.36 bits per heavy atom. The second-order valence-corrected chi connectivity index (χ2v) is 3.04. The molecule has 5 heteroatoms. The number of fused-ring (bicyclic) bond motifs is 1. The molecule has 0 fully saturated rings. The first-order chi connectivity index (χ1) is 6.72. The number of nitro groups is 1. The fourth-order valence-electron chi connectivity index (χ4n) is 1.45. The molecule has 0 unspecified atom stereocenters. The first-order valence-electron chi connectivity index (χ1n) is 4.32. The number of hydrogen-bond acceptors (Lipinski definition) is 4. The van der Waals surface area contributed by atoms with Crippen molar-refractivity contribution in [3.8, 4) is 5.75 Å². The lowest BCUT2D eigenvalue weighted by molar-refractivity contribution is -0.385. The molecule has 2 rings (SSSR count). The fraction of sp³-hybridized carbons (Fsp3) is 0.333. The largest absolute Gasteiger partial charge is 0.337 e. The molecule has 0 aliphatic carbocycles. The van der Waals surface area contributed by atoms with E-state index in [1.54, 1.807) is 6.07 Å². The lowest BCUT2D eigenvalue weighted by Crippen LogP contribution is -1.95. The van der Waals surface area contributed by atoms with E-state index in [0.29, 0.717) is 17.7 Å². The Morgan fingerprint density at radius 1 is 1.57 bits per heavy atom. The van der Waals surface area contributed by atoms with E-state index < -0.39 is 0 Å². The molecule has 5 nitrogen and oxygen atoms in total. The molecule has 1 aromatic rings. The van der Waals surface area contributed by atoms with E-state index in [9.17, 15) is 10.1 Å². The van der Waals surface area contributed by atoms with Crippen LogP contribution in [0.5, 0.6) is 5.75 Å². The van der Waals surface area contributed by atoms with Gasteiger partial charge in [0.1, 0.15) is 6.61 Å². The minimum atomic E-state index is -0.378. The average molecular weight is 195 g/mol. The normalized spacial score (nSPS) is 13.5. The molecule has 0 bridgehead atoms. The van der Waals surface area contributed by atoms with E-state index >= 15 is 0 Å². The Hall–Kier alpha value is -1.62. The molecule has 1 aliphatic rings. The molecule has 1 aromatic carbocycles. The summed E-state index contributed by atoms with van der Waals surface area (Å²) in [7, 11) is 0. The quantitative estimate of drug-likeness (QED) is 0.411. The van der Waals surface area contributed by atoms with Crippen LogP contribution in [0, 0.1) is 10.1 Å². The van der Waals surface area contributed by atoms with Gasteiger partial charge in [0.2, 0.25) is 0 Å². The molecule has 1 heterocycles. The molecule has 74 valence electrons. The smallest absolute Gasteiger partial charge is 0.273 e. The van der Waals surface area contributed by atoms with Crippen LogP contribution in [0.15, 0.2) is 12.1 Å². The summed E-state index contributed by atoms with van der Waals surface area (Å²) in [4.78, 5) is 19.9. The van der Waals surface area contributed by atoms with E-state index in [2.05, 4.69) is 0 Å². The third-order valence-electron chi connectivity index (χ3n) is 2.20. The maximum absolute atomic E-state index is 10.7. The zero-order valence-corrected chi connectivity index (χ0v) is 7.65. The molecule has 0 saturated heterocycles. The van der Waals surface area contributed by atoms with Gasteiger partial charge in [0, 0.05) is 17.2 Å². The molecule has 0 N–H and O–H groups in total. The molecule has 0 amide bonds. The summed E-state index contributed by atoms with van der Waals surface area (Å²) in [5.41, 5.74) is 1.54. The Bertz CT molecular complexity index is 389. The van der Waals surface area contributed by atoms with Gasteiger partial charge in [-0.1, -0.05) is 6.92 Å². The van der Waals surface area contributed by atoms with Gasteiger partial charge in [-0.2, -0.15) is 4.89 Å². The second-order valence-electron chi connectivity index (χ2n) is 3.04. The minimum absolute atomic E-state index is 0.139. The summed E-state index contributed by atoms with van der Waals surface area (Å²) >= 11 is 0. The predicted molar refractivity (Wildman–Crippen MR) is 47.9 cm³/mol. The number of nitrogens with zero attached hydrogens (tertiary/aromatic N) is 1. The number of aryl methyl sites for hydroxylation is 1. The molecule has 0 radical (unpaired) electrons. The van der Waals surface area contributed by atoms with Crippen LogP contribution in [-0.4, -0.2) is 4.92 Å². The third kappa shape index (κ3) is 1.31. The van der Waals surface area contributed by atoms with Gasteiger partial charge in [0.15, 0.2) is 5.75 Å². The standard InChI is InChI=1S/C9H9NO4/c1-2-6-4-9-7(5-13-14-9)3-8(6)10(11)12/h3-4H,2,5H2,1H3. The highest BCUT2D eigenvalue weighted by molar-refractivity contribution is 5.50. The van der Waals surface area contributed by atoms with Gasteiger partial charge in [-0.05, 0) is 12.5 Å². The number of hydrogen-bond donors (Lipinski definition) is 0. The van der Waals surface area contributed by atoms with Gasteiger partial charge in [-0.3, -0.25) is 10.1 Å². The van der Waals surface area contributed by atoms with Crippen molar-refractivity contribution in [1.29, 1.82) is 0 Å². The summed E-state index contributed by atoms with van der Waals surface area (Å²) < 4.78 is 0. The first-order valence-corrected chi connectivity index (χ1v) is 4.32. The lowest BCUT2D eigenvalue weighted by Gasteiger charge is -2.01. The average Bonchev–Trinajstić information content (AvgIpc) is 2.62. The molecular weight excluding hydrogens is 186 g/mol. The van der Waals surface area contributed by atoms with Crippen molar-refractivity contribution in [2.24, 2.45) is 0 Å². The van der Waals surface area contributed by atoms with Crippen molar-refractivity contribution in [3.05, 3.63) is 33.4 Å². The number of nitro benzene ring substituents is 1. The molecule has 0 spiro atoms. The van der Waals surface area contributed by atoms with Crippen LogP contribution in [0.2, 0.25) is 0 Å². The van der Waals surface area contributed by atoms with E-state index in [0.717, 1.165) is 5.56 Å². The Morgan fingerprint density at radius 3 is 3.00 bits per heavy atom. The summed E-state index contributed by atoms with van der Waals surface area (Å²) in [6.45, 7) is 2.14. The summed E-state index contributed by atoms with van der Waals surface area (Å²) in [6.07, 6.45) is 0.604. The van der Waals surface area contributed by atoms with Gasteiger partial charge >= 0.3 is 0 Å². The lowest BCUT2D eigenvalue weighted by atomic mass is 10.1. The van der Waals surface area contributed by atoms with Gasteiger partial charge in [-0.25, -0.2) is 0 Å². The SMILES string of the molecule is CCc1cc2c(cc1[N+](=O)[O-])COO2. The van der Waals surface area contributed by atoms with E-state index in [4.69, 9.17) is 9.78 Å². The van der Waals surface area contributed by atoms with Gasteiger partial charge in [0.05, 0.1) is 4.92 Å². The number of rotatable bonds is 2. The van der Waals surface area contributed by atoms with Crippen LogP contribution in [0.4, 0.5) is 5.69 Å². The minimum Gasteiger partial charge on any atom is -0.337 e. The van der Waals surface area contributed by atoms with Crippen LogP contribution in [0.25, 0.3) is 0 Å². The van der Waals surface area contributed by atoms with Crippen LogP contribution >= 0.6 is 0 Å². The summed E-state index contributed by atoms with van der Waals surface area (Å²) in [5.74, 6) is 0.590. The van der Waals surface area contributed by atoms with Gasteiger partial charge < -0.3 is 4.89 Å². The van der Waals surface area contributed by atoms with Crippen LogP contribution < -0.4 is 4.89 Å². The molecule has 0 saturated carbocycles. The zero-order valence-electron chi connectivity index (χ0n) is 7.65. The molecule has 0 aromatic heterocycles. The predicted octanol–water partition coefficient (Wildman–Crippen LogP) is 1.98. The van der Waals surface area contributed by atoms with E-state index in [-0.39, 0.29) is 17.2 Å². The van der Waals surface area contributed by atoms with Gasteiger partial charge in [0.25, 0.3) is 5.69 Å². The van der Waals surface area contributed by atoms with Crippen molar-refractivity contribution in [2.75, 3.05) is 0 Å². The summed E-state index contributed by atoms with van der Waals surface area (Å²) in [5, 5.41) is 10.7. The fourth-order valence-corrected chi connectivity index (χ4v) is 1.45. The third-order valence-corrected chi connectivity index (χ3v) is 2.20. The first kappa shape index (κ1) is 8.96. The molecule has 14 heavy (non-hydrogen) atoms. The summed E-state index contributed by atoms with van der Waals surface area (Å²) in [6, 6.07) is 3.18. The van der Waals surface area contributed by atoms with Crippen molar-refractivity contribution < 1.29 is 14.7 Å². The van der Waals surface area contributed by atoms with Crippen LogP contribution in [-0.2, 0) is 17.9 Å². The van der Waals surface area contributed by atoms with E-state index in [1.807, 2.05) is 6.92 Å². The monoisotopic (exact) mass is 195 g/mol. The Balaban J connectivity index is 2.54. The highest BCUT2D eigenvalue weighted by atomic mass is 17.2. The second kappa shape index (κ2) is 3.26. The molecule has 0 atom stereocenters. The van der Waals surface area contributed by atoms with Crippen molar-refractivity contribution in [2.45, 2.75) is 20.0 Å². The van der Waals surface area contributed by atoms with Gasteiger partial charge in [-0.15, -0.1) is 0 Å².